The molecule has 0 aromatic heterocycles. The smallest absolute Gasteiger partial charge is 0.407 e. The number of benzene rings is 2. The SMILES string of the molecule is CC(CCNC(=O)OCC1c2ccccc2-c2ccccc21)CCC(=O)NC1(C(=O)O)CCOC1. The Bertz CT molecular complexity index is 1030. The highest BCUT2D eigenvalue weighted by Crippen LogP contribution is 2.44. The van der Waals surface area contributed by atoms with Crippen LogP contribution in [0.2, 0.25) is 0 Å². The first kappa shape index (κ1) is 24.7. The lowest BCUT2D eigenvalue weighted by atomic mass is 9.97. The molecular weight excluding hydrogens is 448 g/mol. The van der Waals surface area contributed by atoms with Crippen LogP contribution in [0.5, 0.6) is 0 Å². The monoisotopic (exact) mass is 480 g/mol. The number of amides is 2. The molecule has 1 aliphatic heterocycles. The fraction of sp³-hybridized carbons (Fsp3) is 0.444. The molecule has 2 aromatic rings. The van der Waals surface area contributed by atoms with Gasteiger partial charge in [-0.3, -0.25) is 4.79 Å². The summed E-state index contributed by atoms with van der Waals surface area (Å²) in [6.07, 6.45) is 1.32. The van der Waals surface area contributed by atoms with Crippen molar-refractivity contribution in [2.75, 3.05) is 26.4 Å². The molecule has 186 valence electrons. The molecule has 0 bridgehead atoms. The van der Waals surface area contributed by atoms with Crippen LogP contribution in [-0.4, -0.2) is 55.0 Å². The number of fused-ring (bicyclic) bond motifs is 3. The molecular formula is C27H32N2O6. The van der Waals surface area contributed by atoms with Gasteiger partial charge in [0.25, 0.3) is 0 Å². The van der Waals surface area contributed by atoms with Crippen molar-refractivity contribution in [2.24, 2.45) is 5.92 Å². The highest BCUT2D eigenvalue weighted by Gasteiger charge is 2.43. The molecule has 0 spiro atoms. The average Bonchev–Trinajstić information content (AvgIpc) is 3.45. The number of hydrogen-bond donors (Lipinski definition) is 3. The number of ether oxygens (including phenoxy) is 2. The van der Waals surface area contributed by atoms with Crippen LogP contribution in [0.15, 0.2) is 48.5 Å². The Hall–Kier alpha value is -3.39. The number of hydrogen-bond acceptors (Lipinski definition) is 5. The van der Waals surface area contributed by atoms with Crippen LogP contribution in [0.1, 0.15) is 49.7 Å². The zero-order valence-electron chi connectivity index (χ0n) is 19.9. The molecule has 2 amide bonds. The van der Waals surface area contributed by atoms with Crippen LogP contribution >= 0.6 is 0 Å². The van der Waals surface area contributed by atoms with Crippen LogP contribution in [0.4, 0.5) is 4.79 Å². The topological polar surface area (TPSA) is 114 Å². The number of nitrogens with one attached hydrogen (secondary N) is 2. The van der Waals surface area contributed by atoms with Crippen molar-refractivity contribution in [1.29, 1.82) is 0 Å². The minimum Gasteiger partial charge on any atom is -0.479 e. The van der Waals surface area contributed by atoms with E-state index in [0.717, 1.165) is 0 Å². The third-order valence-corrected chi connectivity index (χ3v) is 6.92. The van der Waals surface area contributed by atoms with Gasteiger partial charge in [-0.1, -0.05) is 55.5 Å². The van der Waals surface area contributed by atoms with Gasteiger partial charge in [0.15, 0.2) is 5.54 Å². The van der Waals surface area contributed by atoms with Gasteiger partial charge in [-0.15, -0.1) is 0 Å². The van der Waals surface area contributed by atoms with Crippen molar-refractivity contribution < 1.29 is 29.0 Å². The molecule has 35 heavy (non-hydrogen) atoms. The Kier molecular flexibility index (Phi) is 7.70. The fourth-order valence-corrected chi connectivity index (χ4v) is 4.81. The summed E-state index contributed by atoms with van der Waals surface area (Å²) in [5.74, 6) is -1.17. The van der Waals surface area contributed by atoms with Gasteiger partial charge in [-0.25, -0.2) is 9.59 Å². The Balaban J connectivity index is 1.17. The molecule has 2 unspecified atom stereocenters. The van der Waals surface area contributed by atoms with E-state index in [1.54, 1.807) is 0 Å². The zero-order chi connectivity index (χ0) is 24.8. The summed E-state index contributed by atoms with van der Waals surface area (Å²) >= 11 is 0. The molecule has 2 aromatic carbocycles. The maximum Gasteiger partial charge on any atom is 0.407 e. The summed E-state index contributed by atoms with van der Waals surface area (Å²) in [5, 5.41) is 14.8. The molecule has 0 radical (unpaired) electrons. The predicted molar refractivity (Wildman–Crippen MR) is 130 cm³/mol. The molecule has 4 rings (SSSR count). The number of carbonyl (C=O) groups excluding carboxylic acids is 2. The van der Waals surface area contributed by atoms with E-state index in [2.05, 4.69) is 34.9 Å². The minimum absolute atomic E-state index is 0.00626. The Morgan fingerprint density at radius 1 is 1.09 bits per heavy atom. The first-order valence-corrected chi connectivity index (χ1v) is 12.1. The average molecular weight is 481 g/mol. The highest BCUT2D eigenvalue weighted by molar-refractivity contribution is 5.87. The minimum atomic E-state index is -1.31. The van der Waals surface area contributed by atoms with E-state index in [1.807, 2.05) is 31.2 Å². The van der Waals surface area contributed by atoms with Gasteiger partial charge >= 0.3 is 12.1 Å². The van der Waals surface area contributed by atoms with E-state index in [1.165, 1.54) is 22.3 Å². The van der Waals surface area contributed by atoms with Gasteiger partial charge in [0, 0.05) is 31.9 Å². The van der Waals surface area contributed by atoms with E-state index in [4.69, 9.17) is 9.47 Å². The molecule has 3 N–H and O–H groups in total. The number of carboxylic acid groups (broad SMARTS) is 1. The second kappa shape index (κ2) is 10.9. The standard InChI is InChI=1S/C27H32N2O6/c1-18(10-11-24(30)29-27(25(31)32)13-15-34-17-27)12-14-28-26(33)35-16-23-21-8-4-2-6-19(21)20-7-3-5-9-22(20)23/h2-9,18,23H,10-17H2,1H3,(H,28,33)(H,29,30)(H,31,32). The van der Waals surface area contributed by atoms with Crippen LogP contribution in [0.25, 0.3) is 11.1 Å². The third-order valence-electron chi connectivity index (χ3n) is 6.92. The summed E-state index contributed by atoms with van der Waals surface area (Å²) in [4.78, 5) is 36.1. The molecule has 1 heterocycles. The van der Waals surface area contributed by atoms with E-state index in [0.29, 0.717) is 26.0 Å². The fourth-order valence-electron chi connectivity index (χ4n) is 4.81. The van der Waals surface area contributed by atoms with Gasteiger partial charge < -0.3 is 25.2 Å². The van der Waals surface area contributed by atoms with Crippen LogP contribution in [0.3, 0.4) is 0 Å². The second-order valence-electron chi connectivity index (χ2n) is 9.42. The molecule has 8 nitrogen and oxygen atoms in total. The van der Waals surface area contributed by atoms with Crippen molar-refractivity contribution in [3.05, 3.63) is 59.7 Å². The van der Waals surface area contributed by atoms with E-state index in [9.17, 15) is 19.5 Å². The lowest BCUT2D eigenvalue weighted by Gasteiger charge is -2.24. The van der Waals surface area contributed by atoms with Crippen molar-refractivity contribution >= 4 is 18.0 Å². The largest absolute Gasteiger partial charge is 0.479 e. The molecule has 0 saturated carbocycles. The van der Waals surface area contributed by atoms with Crippen molar-refractivity contribution in [3.63, 3.8) is 0 Å². The number of rotatable bonds is 10. The van der Waals surface area contributed by atoms with Gasteiger partial charge in [-0.05, 0) is 41.0 Å². The summed E-state index contributed by atoms with van der Waals surface area (Å²) in [7, 11) is 0. The first-order valence-electron chi connectivity index (χ1n) is 12.1. The lowest BCUT2D eigenvalue weighted by molar-refractivity contribution is -0.147. The number of carbonyl (C=O) groups is 3. The number of carboxylic acids is 1. The van der Waals surface area contributed by atoms with Crippen LogP contribution in [0, 0.1) is 5.92 Å². The predicted octanol–water partition coefficient (Wildman–Crippen LogP) is 3.69. The van der Waals surface area contributed by atoms with Crippen LogP contribution in [-0.2, 0) is 19.1 Å². The highest BCUT2D eigenvalue weighted by atomic mass is 16.5. The number of aliphatic carboxylic acids is 1. The van der Waals surface area contributed by atoms with Crippen LogP contribution < -0.4 is 10.6 Å². The Labute approximate surface area is 205 Å². The molecule has 1 fully saturated rings. The van der Waals surface area contributed by atoms with Gasteiger partial charge in [0.2, 0.25) is 5.91 Å². The van der Waals surface area contributed by atoms with Gasteiger partial charge in [0.05, 0.1) is 6.61 Å². The molecule has 1 aliphatic carbocycles. The summed E-state index contributed by atoms with van der Waals surface area (Å²) in [6.45, 7) is 3.02. The van der Waals surface area contributed by atoms with E-state index < -0.39 is 17.6 Å². The number of alkyl carbamates (subject to hydrolysis) is 1. The van der Waals surface area contributed by atoms with Crippen molar-refractivity contribution in [3.8, 4) is 11.1 Å². The molecule has 8 heteroatoms. The Morgan fingerprint density at radius 2 is 1.74 bits per heavy atom. The molecule has 2 atom stereocenters. The zero-order valence-corrected chi connectivity index (χ0v) is 19.9. The summed E-state index contributed by atoms with van der Waals surface area (Å²) in [6, 6.07) is 16.4. The van der Waals surface area contributed by atoms with Gasteiger partial charge in [-0.2, -0.15) is 0 Å². The first-order chi connectivity index (χ1) is 16.9. The third kappa shape index (κ3) is 5.65. The van der Waals surface area contributed by atoms with Crippen molar-refractivity contribution in [1.82, 2.24) is 10.6 Å². The van der Waals surface area contributed by atoms with E-state index >= 15 is 0 Å². The molecule has 1 saturated heterocycles. The summed E-state index contributed by atoms with van der Waals surface area (Å²) in [5.41, 5.74) is 3.39. The van der Waals surface area contributed by atoms with Crippen molar-refractivity contribution in [2.45, 2.75) is 44.1 Å². The van der Waals surface area contributed by atoms with E-state index in [-0.39, 0.29) is 43.8 Å². The maximum atomic E-state index is 12.3. The normalized spacial score (nSPS) is 19.5. The quantitative estimate of drug-likeness (QED) is 0.478. The summed E-state index contributed by atoms with van der Waals surface area (Å²) < 4.78 is 10.7. The maximum absolute atomic E-state index is 12.3. The molecule has 2 aliphatic rings. The lowest BCUT2D eigenvalue weighted by Crippen LogP contribution is -2.55. The second-order valence-corrected chi connectivity index (χ2v) is 9.42. The van der Waals surface area contributed by atoms with Gasteiger partial charge in [0.1, 0.15) is 6.61 Å². The Morgan fingerprint density at radius 3 is 2.34 bits per heavy atom.